The van der Waals surface area contributed by atoms with Crippen molar-refractivity contribution >= 4 is 10.0 Å². The fraction of sp³-hybridized carbons (Fsp3) is 0.318. The molecule has 5 nitrogen and oxygen atoms in total. The van der Waals surface area contributed by atoms with Crippen LogP contribution in [-0.4, -0.2) is 30.3 Å². The zero-order chi connectivity index (χ0) is 20.6. The van der Waals surface area contributed by atoms with E-state index in [1.54, 1.807) is 6.07 Å². The second-order valence-corrected chi connectivity index (χ2v) is 9.52. The number of fused-ring (bicyclic) bond motifs is 1. The first kappa shape index (κ1) is 19.8. The summed E-state index contributed by atoms with van der Waals surface area (Å²) in [5.74, 6) is 0.566. The van der Waals surface area contributed by atoms with Gasteiger partial charge in [0.05, 0.1) is 11.9 Å². The van der Waals surface area contributed by atoms with Crippen LogP contribution in [-0.2, 0) is 23.0 Å². The minimum Gasteiger partial charge on any atom is -0.334 e. The summed E-state index contributed by atoms with van der Waals surface area (Å²) < 4.78 is 42.4. The molecule has 2 aromatic carbocycles. The van der Waals surface area contributed by atoms with Crippen molar-refractivity contribution in [2.45, 2.75) is 38.3 Å². The molecule has 152 valence electrons. The topological polar surface area (TPSA) is 64.0 Å². The molecule has 0 amide bonds. The lowest BCUT2D eigenvalue weighted by molar-refractivity contribution is 0.362. The van der Waals surface area contributed by atoms with E-state index < -0.39 is 10.0 Å². The first-order valence-corrected chi connectivity index (χ1v) is 11.5. The summed E-state index contributed by atoms with van der Waals surface area (Å²) >= 11 is 0. The Morgan fingerprint density at radius 1 is 1.17 bits per heavy atom. The largest absolute Gasteiger partial charge is 0.334 e. The van der Waals surface area contributed by atoms with Gasteiger partial charge in [-0.05, 0) is 48.6 Å². The molecule has 0 unspecified atom stereocenters. The molecule has 1 aliphatic rings. The molecular formula is C22H24FN3O2S. The van der Waals surface area contributed by atoms with Gasteiger partial charge in [0.2, 0.25) is 10.0 Å². The van der Waals surface area contributed by atoms with E-state index in [2.05, 4.69) is 14.3 Å². The Labute approximate surface area is 170 Å². The lowest BCUT2D eigenvalue weighted by atomic mass is 9.87. The minimum atomic E-state index is -3.33. The molecule has 0 bridgehead atoms. The van der Waals surface area contributed by atoms with Crippen molar-refractivity contribution in [2.24, 2.45) is 0 Å². The lowest BCUT2D eigenvalue weighted by Gasteiger charge is -2.32. The van der Waals surface area contributed by atoms with Gasteiger partial charge in [-0.1, -0.05) is 36.4 Å². The van der Waals surface area contributed by atoms with Crippen molar-refractivity contribution in [1.29, 1.82) is 0 Å². The molecule has 2 heterocycles. The summed E-state index contributed by atoms with van der Waals surface area (Å²) in [6.45, 7) is 2.69. The fourth-order valence-corrected chi connectivity index (χ4v) is 4.98. The molecule has 0 saturated heterocycles. The molecule has 0 radical (unpaired) electrons. The highest BCUT2D eigenvalue weighted by atomic mass is 32.2. The van der Waals surface area contributed by atoms with E-state index >= 15 is 0 Å². The first-order valence-electron chi connectivity index (χ1n) is 9.64. The van der Waals surface area contributed by atoms with Crippen LogP contribution in [0, 0.1) is 12.7 Å². The molecular weight excluding hydrogens is 389 g/mol. The summed E-state index contributed by atoms with van der Waals surface area (Å²) in [7, 11) is -3.33. The minimum absolute atomic E-state index is 0.0741. The van der Waals surface area contributed by atoms with E-state index in [4.69, 9.17) is 0 Å². The zero-order valence-electron chi connectivity index (χ0n) is 16.5. The van der Waals surface area contributed by atoms with Crippen LogP contribution in [0.5, 0.6) is 0 Å². The molecule has 29 heavy (non-hydrogen) atoms. The Bertz CT molecular complexity index is 1140. The fourth-order valence-electron chi connectivity index (χ4n) is 4.15. The third-order valence-corrected chi connectivity index (χ3v) is 6.06. The third kappa shape index (κ3) is 4.57. The van der Waals surface area contributed by atoms with E-state index in [1.807, 2.05) is 43.5 Å². The quantitative estimate of drug-likeness (QED) is 0.695. The average Bonchev–Trinajstić information content (AvgIpc) is 3.04. The molecule has 2 atom stereocenters. The van der Waals surface area contributed by atoms with Crippen LogP contribution in [0.1, 0.15) is 29.4 Å². The van der Waals surface area contributed by atoms with E-state index in [9.17, 15) is 12.8 Å². The van der Waals surface area contributed by atoms with Crippen molar-refractivity contribution in [3.8, 4) is 11.1 Å². The summed E-state index contributed by atoms with van der Waals surface area (Å²) in [5.41, 5.74) is 3.74. The Morgan fingerprint density at radius 2 is 1.90 bits per heavy atom. The van der Waals surface area contributed by atoms with Crippen LogP contribution >= 0.6 is 0 Å². The van der Waals surface area contributed by atoms with Crippen LogP contribution in [0.4, 0.5) is 4.39 Å². The number of sulfonamides is 1. The van der Waals surface area contributed by atoms with E-state index in [-0.39, 0.29) is 17.8 Å². The molecule has 0 aliphatic carbocycles. The van der Waals surface area contributed by atoms with Crippen LogP contribution in [0.15, 0.2) is 54.7 Å². The highest BCUT2D eigenvalue weighted by Crippen LogP contribution is 2.32. The summed E-state index contributed by atoms with van der Waals surface area (Å²) in [6, 6.07) is 14.3. The molecule has 4 rings (SSSR count). The van der Waals surface area contributed by atoms with E-state index in [0.29, 0.717) is 12.8 Å². The first-order chi connectivity index (χ1) is 13.8. The number of aromatic nitrogens is 2. The smallest absolute Gasteiger partial charge is 0.208 e. The second-order valence-electron chi connectivity index (χ2n) is 7.74. The van der Waals surface area contributed by atoms with Crippen LogP contribution < -0.4 is 4.72 Å². The second kappa shape index (κ2) is 7.72. The van der Waals surface area contributed by atoms with Gasteiger partial charge in [0.15, 0.2) is 0 Å². The maximum atomic E-state index is 13.6. The molecule has 3 aromatic rings. The Balaban J connectivity index is 1.67. The van der Waals surface area contributed by atoms with E-state index in [1.165, 1.54) is 18.4 Å². The van der Waals surface area contributed by atoms with Crippen molar-refractivity contribution in [1.82, 2.24) is 14.3 Å². The predicted octanol–water partition coefficient (Wildman–Crippen LogP) is 3.65. The monoisotopic (exact) mass is 413 g/mol. The van der Waals surface area contributed by atoms with Crippen molar-refractivity contribution in [3.63, 3.8) is 0 Å². The molecule has 1 N–H and O–H groups in total. The van der Waals surface area contributed by atoms with Gasteiger partial charge < -0.3 is 4.57 Å². The van der Waals surface area contributed by atoms with Gasteiger partial charge in [-0.15, -0.1) is 0 Å². The van der Waals surface area contributed by atoms with Gasteiger partial charge in [0.25, 0.3) is 0 Å². The third-order valence-electron chi connectivity index (χ3n) is 5.33. The number of hydrogen-bond acceptors (Lipinski definition) is 3. The van der Waals surface area contributed by atoms with Gasteiger partial charge in [0, 0.05) is 24.7 Å². The SMILES string of the molecule is Cc1cn2c(n1)[C@@H](Cc1cccc(-c3cccc(F)c3)c1)[C@@H](NS(C)(=O)=O)CC2. The van der Waals surface area contributed by atoms with Crippen LogP contribution in [0.3, 0.4) is 0 Å². The van der Waals surface area contributed by atoms with Crippen molar-refractivity contribution in [3.05, 3.63) is 77.6 Å². The highest BCUT2D eigenvalue weighted by molar-refractivity contribution is 7.88. The number of hydrogen-bond donors (Lipinski definition) is 1. The maximum absolute atomic E-state index is 13.6. The van der Waals surface area contributed by atoms with Crippen LogP contribution in [0.25, 0.3) is 11.1 Å². The van der Waals surface area contributed by atoms with Crippen LogP contribution in [0.2, 0.25) is 0 Å². The number of nitrogens with one attached hydrogen (secondary N) is 1. The van der Waals surface area contributed by atoms with Gasteiger partial charge in [-0.25, -0.2) is 22.5 Å². The maximum Gasteiger partial charge on any atom is 0.208 e. The number of halogens is 1. The number of rotatable bonds is 5. The van der Waals surface area contributed by atoms with Crippen molar-refractivity contribution in [2.75, 3.05) is 6.26 Å². The van der Waals surface area contributed by atoms with Gasteiger partial charge in [-0.2, -0.15) is 0 Å². The van der Waals surface area contributed by atoms with Gasteiger partial charge in [0.1, 0.15) is 11.6 Å². The normalized spacial score (nSPS) is 19.1. The number of aryl methyl sites for hydroxylation is 2. The highest BCUT2D eigenvalue weighted by Gasteiger charge is 2.33. The molecule has 7 heteroatoms. The number of imidazole rings is 1. The predicted molar refractivity (Wildman–Crippen MR) is 112 cm³/mol. The standard InChI is InChI=1S/C22H24FN3O2S/c1-15-14-26-10-9-21(25-29(2,27)28)20(22(26)24-15)12-16-5-3-6-17(11-16)18-7-4-8-19(23)13-18/h3-8,11,13-14,20-21,25H,9-10,12H2,1-2H3/t20-,21-/m0/s1. The Morgan fingerprint density at radius 3 is 2.62 bits per heavy atom. The summed E-state index contributed by atoms with van der Waals surface area (Å²) in [5, 5.41) is 0. The zero-order valence-corrected chi connectivity index (χ0v) is 17.3. The number of benzene rings is 2. The van der Waals surface area contributed by atoms with Gasteiger partial charge in [-0.3, -0.25) is 0 Å². The van der Waals surface area contributed by atoms with Crippen molar-refractivity contribution < 1.29 is 12.8 Å². The molecule has 1 aliphatic heterocycles. The molecule has 0 spiro atoms. The number of nitrogens with zero attached hydrogens (tertiary/aromatic N) is 2. The summed E-state index contributed by atoms with van der Waals surface area (Å²) in [4.78, 5) is 4.68. The van der Waals surface area contributed by atoms with Gasteiger partial charge >= 0.3 is 0 Å². The Hall–Kier alpha value is -2.51. The molecule has 0 fully saturated rings. The summed E-state index contributed by atoms with van der Waals surface area (Å²) in [6.07, 6.45) is 4.57. The Kier molecular flexibility index (Phi) is 5.27. The molecule has 0 saturated carbocycles. The lowest BCUT2D eigenvalue weighted by Crippen LogP contribution is -2.43. The average molecular weight is 414 g/mol. The van der Waals surface area contributed by atoms with E-state index in [0.717, 1.165) is 34.8 Å². The molecule has 1 aromatic heterocycles.